The highest BCUT2D eigenvalue weighted by Gasteiger charge is 2.06. The number of halogens is 1. The number of nitrogens with zero attached hydrogens (tertiary/aromatic N) is 1. The van der Waals surface area contributed by atoms with E-state index >= 15 is 0 Å². The summed E-state index contributed by atoms with van der Waals surface area (Å²) in [5, 5.41) is 0.0756. The predicted molar refractivity (Wildman–Crippen MR) is 42.2 cm³/mol. The van der Waals surface area contributed by atoms with Crippen molar-refractivity contribution in [2.45, 2.75) is 0 Å². The molecule has 11 heavy (non-hydrogen) atoms. The van der Waals surface area contributed by atoms with Crippen LogP contribution in [0.3, 0.4) is 0 Å². The highest BCUT2D eigenvalue weighted by Crippen LogP contribution is 2.14. The van der Waals surface area contributed by atoms with Gasteiger partial charge in [0.15, 0.2) is 0 Å². The van der Waals surface area contributed by atoms with E-state index in [-0.39, 0.29) is 10.7 Å². The Morgan fingerprint density at radius 2 is 2.27 bits per heavy atom. The maximum absolute atomic E-state index is 10.6. The molecule has 0 unspecified atom stereocenters. The van der Waals surface area contributed by atoms with Crippen LogP contribution >= 0.6 is 11.6 Å². The van der Waals surface area contributed by atoms with Gasteiger partial charge in [-0.3, -0.25) is 4.79 Å². The first-order valence-electron chi connectivity index (χ1n) is 2.82. The number of carbonyl (C=O) groups is 1. The number of anilines is 1. The molecule has 0 bridgehead atoms. The summed E-state index contributed by atoms with van der Waals surface area (Å²) in [4.78, 5) is 14.3. The van der Waals surface area contributed by atoms with Crippen molar-refractivity contribution in [1.29, 1.82) is 0 Å². The molecule has 1 amide bonds. The molecule has 0 saturated carbocycles. The first kappa shape index (κ1) is 7.81. The Morgan fingerprint density at radius 1 is 1.64 bits per heavy atom. The van der Waals surface area contributed by atoms with E-state index in [4.69, 9.17) is 23.1 Å². The summed E-state index contributed by atoms with van der Waals surface area (Å²) in [6.07, 6.45) is 1.36. The van der Waals surface area contributed by atoms with Crippen LogP contribution in [0.25, 0.3) is 0 Å². The molecular formula is C6H6ClN3O. The number of aromatic nitrogens is 1. The van der Waals surface area contributed by atoms with E-state index in [0.717, 1.165) is 0 Å². The summed E-state index contributed by atoms with van der Waals surface area (Å²) in [5.74, 6) is -0.630. The SMILES string of the molecule is NC(=O)c1cc(N)cnc1Cl. The van der Waals surface area contributed by atoms with Crippen molar-refractivity contribution < 1.29 is 4.79 Å². The molecule has 58 valence electrons. The molecule has 1 rings (SSSR count). The van der Waals surface area contributed by atoms with Gasteiger partial charge in [0.25, 0.3) is 5.91 Å². The van der Waals surface area contributed by atoms with Crippen LogP contribution in [0.1, 0.15) is 10.4 Å². The molecular weight excluding hydrogens is 166 g/mol. The molecule has 0 spiro atoms. The summed E-state index contributed by atoms with van der Waals surface area (Å²) in [6.45, 7) is 0. The fourth-order valence-electron chi connectivity index (χ4n) is 0.637. The lowest BCUT2D eigenvalue weighted by Crippen LogP contribution is -2.12. The van der Waals surface area contributed by atoms with Crippen LogP contribution in [0.2, 0.25) is 5.15 Å². The Hall–Kier alpha value is -1.29. The lowest BCUT2D eigenvalue weighted by Gasteiger charge is -1.98. The van der Waals surface area contributed by atoms with Crippen LogP contribution in [0, 0.1) is 0 Å². The molecule has 0 aliphatic heterocycles. The van der Waals surface area contributed by atoms with Gasteiger partial charge in [0.1, 0.15) is 5.15 Å². The molecule has 5 heteroatoms. The number of hydrogen-bond donors (Lipinski definition) is 2. The minimum absolute atomic E-state index is 0.0756. The van der Waals surface area contributed by atoms with E-state index in [9.17, 15) is 4.79 Å². The highest BCUT2D eigenvalue weighted by atomic mass is 35.5. The number of nitrogen functional groups attached to an aromatic ring is 1. The summed E-state index contributed by atoms with van der Waals surface area (Å²) >= 11 is 5.52. The number of primary amides is 1. The number of carbonyl (C=O) groups excluding carboxylic acids is 1. The van der Waals surface area contributed by atoms with Gasteiger partial charge in [-0.15, -0.1) is 0 Å². The van der Waals surface area contributed by atoms with Crippen molar-refractivity contribution in [1.82, 2.24) is 4.98 Å². The van der Waals surface area contributed by atoms with Crippen LogP contribution in [-0.2, 0) is 0 Å². The fourth-order valence-corrected chi connectivity index (χ4v) is 0.834. The Morgan fingerprint density at radius 3 is 2.73 bits per heavy atom. The van der Waals surface area contributed by atoms with E-state index in [1.54, 1.807) is 0 Å². The average molecular weight is 172 g/mol. The summed E-state index contributed by atoms with van der Waals surface area (Å²) in [6, 6.07) is 1.39. The molecule has 4 nitrogen and oxygen atoms in total. The van der Waals surface area contributed by atoms with Crippen LogP contribution in [0.15, 0.2) is 12.3 Å². The van der Waals surface area contributed by atoms with Gasteiger partial charge in [-0.2, -0.15) is 0 Å². The van der Waals surface area contributed by atoms with Crippen molar-refractivity contribution in [3.05, 3.63) is 23.0 Å². The second kappa shape index (κ2) is 2.75. The van der Waals surface area contributed by atoms with E-state index in [0.29, 0.717) is 5.69 Å². The molecule has 0 aliphatic carbocycles. The molecule has 0 aliphatic rings. The average Bonchev–Trinajstić information content (AvgIpc) is 1.94. The zero-order chi connectivity index (χ0) is 8.43. The highest BCUT2D eigenvalue weighted by molar-refractivity contribution is 6.32. The quantitative estimate of drug-likeness (QED) is 0.601. The number of rotatable bonds is 1. The largest absolute Gasteiger partial charge is 0.397 e. The van der Waals surface area contributed by atoms with Gasteiger partial charge in [-0.25, -0.2) is 4.98 Å². The maximum Gasteiger partial charge on any atom is 0.251 e. The van der Waals surface area contributed by atoms with Crippen LogP contribution < -0.4 is 11.5 Å². The Balaban J connectivity index is 3.23. The first-order valence-corrected chi connectivity index (χ1v) is 3.20. The topological polar surface area (TPSA) is 82.0 Å². The monoisotopic (exact) mass is 171 g/mol. The summed E-state index contributed by atoms with van der Waals surface area (Å²) in [7, 11) is 0. The van der Waals surface area contributed by atoms with Gasteiger partial charge < -0.3 is 11.5 Å². The van der Waals surface area contributed by atoms with Gasteiger partial charge in [0.05, 0.1) is 17.4 Å². The molecule has 1 aromatic heterocycles. The van der Waals surface area contributed by atoms with Crippen molar-refractivity contribution >= 4 is 23.2 Å². The van der Waals surface area contributed by atoms with Gasteiger partial charge in [-0.05, 0) is 6.07 Å². The minimum Gasteiger partial charge on any atom is -0.397 e. The second-order valence-corrected chi connectivity index (χ2v) is 2.33. The fraction of sp³-hybridized carbons (Fsp3) is 0. The molecule has 1 aromatic rings. The Bertz CT molecular complexity index is 300. The Labute approximate surface area is 68.2 Å². The normalized spacial score (nSPS) is 9.55. The Kier molecular flexibility index (Phi) is 1.96. The van der Waals surface area contributed by atoms with Gasteiger partial charge in [-0.1, -0.05) is 11.6 Å². The van der Waals surface area contributed by atoms with E-state index in [1.165, 1.54) is 12.3 Å². The van der Waals surface area contributed by atoms with E-state index < -0.39 is 5.91 Å². The molecule has 0 aromatic carbocycles. The number of pyridine rings is 1. The van der Waals surface area contributed by atoms with E-state index in [1.807, 2.05) is 0 Å². The molecule has 1 heterocycles. The molecule has 0 radical (unpaired) electrons. The number of hydrogen-bond acceptors (Lipinski definition) is 3. The smallest absolute Gasteiger partial charge is 0.251 e. The van der Waals surface area contributed by atoms with Crippen molar-refractivity contribution in [3.8, 4) is 0 Å². The first-order chi connectivity index (χ1) is 5.11. The van der Waals surface area contributed by atoms with Crippen molar-refractivity contribution in [2.75, 3.05) is 5.73 Å². The minimum atomic E-state index is -0.630. The number of amides is 1. The van der Waals surface area contributed by atoms with Crippen LogP contribution in [0.5, 0.6) is 0 Å². The molecule has 4 N–H and O–H groups in total. The summed E-state index contributed by atoms with van der Waals surface area (Å²) < 4.78 is 0. The van der Waals surface area contributed by atoms with Crippen molar-refractivity contribution in [3.63, 3.8) is 0 Å². The third-order valence-electron chi connectivity index (χ3n) is 1.13. The predicted octanol–water partition coefficient (Wildman–Crippen LogP) is 0.416. The lowest BCUT2D eigenvalue weighted by molar-refractivity contribution is 0.1000. The third-order valence-corrected chi connectivity index (χ3v) is 1.43. The summed E-state index contributed by atoms with van der Waals surface area (Å²) in [5.41, 5.74) is 10.8. The van der Waals surface area contributed by atoms with Crippen LogP contribution in [-0.4, -0.2) is 10.9 Å². The van der Waals surface area contributed by atoms with Gasteiger partial charge in [0, 0.05) is 0 Å². The lowest BCUT2D eigenvalue weighted by atomic mass is 10.2. The zero-order valence-electron chi connectivity index (χ0n) is 5.54. The molecule has 0 saturated heterocycles. The van der Waals surface area contributed by atoms with E-state index in [2.05, 4.69) is 4.98 Å². The van der Waals surface area contributed by atoms with Crippen LogP contribution in [0.4, 0.5) is 5.69 Å². The molecule has 0 fully saturated rings. The zero-order valence-corrected chi connectivity index (χ0v) is 6.30. The van der Waals surface area contributed by atoms with Crippen molar-refractivity contribution in [2.24, 2.45) is 5.73 Å². The molecule has 0 atom stereocenters. The van der Waals surface area contributed by atoms with Gasteiger partial charge >= 0.3 is 0 Å². The third kappa shape index (κ3) is 1.59. The maximum atomic E-state index is 10.6. The standard InChI is InChI=1S/C6H6ClN3O/c7-5-4(6(9)11)1-3(8)2-10-5/h1-2H,8H2,(H2,9,11). The second-order valence-electron chi connectivity index (χ2n) is 1.97. The van der Waals surface area contributed by atoms with Gasteiger partial charge in [0.2, 0.25) is 0 Å². The number of nitrogens with two attached hydrogens (primary N) is 2.